The number of amides is 1. The Balaban J connectivity index is 1.63. The number of hydrogen-bond donors (Lipinski definition) is 2. The van der Waals surface area contributed by atoms with Crippen molar-refractivity contribution in [3.8, 4) is 5.69 Å². The highest BCUT2D eigenvalue weighted by Gasteiger charge is 2.18. The minimum Gasteiger partial charge on any atom is -0.351 e. The number of carbonyl (C=O) groups is 1. The highest BCUT2D eigenvalue weighted by Crippen LogP contribution is 2.20. The van der Waals surface area contributed by atoms with Crippen LogP contribution in [-0.2, 0) is 0 Å². The molecule has 2 aromatic rings. The maximum atomic E-state index is 13.3. The van der Waals surface area contributed by atoms with Crippen LogP contribution in [0.5, 0.6) is 0 Å². The van der Waals surface area contributed by atoms with Crippen LogP contribution in [0.25, 0.3) is 5.69 Å². The van der Waals surface area contributed by atoms with E-state index >= 15 is 0 Å². The summed E-state index contributed by atoms with van der Waals surface area (Å²) < 4.78 is 14.8. The number of rotatable bonds is 5. The zero-order valence-electron chi connectivity index (χ0n) is 14.1. The quantitative estimate of drug-likeness (QED) is 0.854. The topological polar surface area (TPSA) is 71.8 Å². The van der Waals surface area contributed by atoms with Crippen molar-refractivity contribution in [1.29, 1.82) is 0 Å². The molecule has 0 radical (unpaired) electrons. The largest absolute Gasteiger partial charge is 0.351 e. The number of benzene rings is 1. The Morgan fingerprint density at radius 1 is 1.52 bits per heavy atom. The molecular weight excluding hydrogens is 345 g/mol. The third-order valence-corrected chi connectivity index (χ3v) is 4.78. The van der Waals surface area contributed by atoms with E-state index in [1.807, 2.05) is 0 Å². The second-order valence-electron chi connectivity index (χ2n) is 6.29. The maximum absolute atomic E-state index is 13.3. The van der Waals surface area contributed by atoms with E-state index in [0.29, 0.717) is 23.8 Å². The lowest BCUT2D eigenvalue weighted by molar-refractivity contribution is 0.0945. The molecule has 0 aliphatic carbocycles. The molecule has 0 saturated carbocycles. The van der Waals surface area contributed by atoms with Crippen molar-refractivity contribution in [3.05, 3.63) is 40.4 Å². The van der Waals surface area contributed by atoms with Crippen LogP contribution in [0.4, 0.5) is 4.39 Å². The monoisotopic (exact) mass is 365 g/mol. The van der Waals surface area contributed by atoms with Gasteiger partial charge in [-0.1, -0.05) is 16.8 Å². The summed E-state index contributed by atoms with van der Waals surface area (Å²) in [5, 5.41) is 14.2. The lowest BCUT2D eigenvalue weighted by atomic mass is 9.96. The molecule has 1 atom stereocenters. The molecule has 1 aliphatic rings. The Labute approximate surface area is 150 Å². The summed E-state index contributed by atoms with van der Waals surface area (Å²) in [6, 6.07) is 4.26. The van der Waals surface area contributed by atoms with Gasteiger partial charge in [0.25, 0.3) is 5.91 Å². The fourth-order valence-corrected chi connectivity index (χ4v) is 3.22. The average Bonchev–Trinajstić information content (AvgIpc) is 3.00. The summed E-state index contributed by atoms with van der Waals surface area (Å²) in [7, 11) is 0. The van der Waals surface area contributed by atoms with Crippen molar-refractivity contribution < 1.29 is 9.18 Å². The van der Waals surface area contributed by atoms with E-state index < -0.39 is 5.82 Å². The standard InChI is InChI=1S/C17H21ClFN5O/c1-11-16(17(25)21-8-6-12-3-2-7-20-10-12)22-23-24(11)13-4-5-15(19)14(18)9-13/h4-5,9,12,20H,2-3,6-8,10H2,1H3,(H,21,25). The molecule has 6 nitrogen and oxygen atoms in total. The molecule has 25 heavy (non-hydrogen) atoms. The Morgan fingerprint density at radius 3 is 3.08 bits per heavy atom. The van der Waals surface area contributed by atoms with E-state index in [1.165, 1.54) is 29.7 Å². The Kier molecular flexibility index (Phi) is 5.65. The molecule has 1 aromatic heterocycles. The number of nitrogens with zero attached hydrogens (tertiary/aromatic N) is 3. The molecular formula is C17H21ClFN5O. The van der Waals surface area contributed by atoms with Gasteiger partial charge in [0, 0.05) is 6.54 Å². The van der Waals surface area contributed by atoms with Crippen molar-refractivity contribution in [2.24, 2.45) is 5.92 Å². The van der Waals surface area contributed by atoms with Gasteiger partial charge in [0.05, 0.1) is 16.4 Å². The van der Waals surface area contributed by atoms with E-state index in [-0.39, 0.29) is 16.6 Å². The summed E-state index contributed by atoms with van der Waals surface area (Å²) in [6.45, 7) is 4.45. The lowest BCUT2D eigenvalue weighted by Crippen LogP contribution is -2.33. The Morgan fingerprint density at radius 2 is 2.36 bits per heavy atom. The van der Waals surface area contributed by atoms with Crippen molar-refractivity contribution in [2.75, 3.05) is 19.6 Å². The summed E-state index contributed by atoms with van der Waals surface area (Å²) in [4.78, 5) is 12.3. The first-order valence-electron chi connectivity index (χ1n) is 8.43. The van der Waals surface area contributed by atoms with Gasteiger partial charge in [0.2, 0.25) is 0 Å². The highest BCUT2D eigenvalue weighted by atomic mass is 35.5. The smallest absolute Gasteiger partial charge is 0.273 e. The number of hydrogen-bond acceptors (Lipinski definition) is 4. The number of halogens is 2. The van der Waals surface area contributed by atoms with Gasteiger partial charge in [-0.15, -0.1) is 5.10 Å². The Bertz CT molecular complexity index is 757. The van der Waals surface area contributed by atoms with E-state index in [0.717, 1.165) is 19.5 Å². The van der Waals surface area contributed by atoms with Crippen LogP contribution in [0.15, 0.2) is 18.2 Å². The predicted molar refractivity (Wildman–Crippen MR) is 93.6 cm³/mol. The average molecular weight is 366 g/mol. The molecule has 1 aliphatic heterocycles. The summed E-state index contributed by atoms with van der Waals surface area (Å²) in [6.07, 6.45) is 3.33. The molecule has 2 N–H and O–H groups in total. The minimum absolute atomic E-state index is 0.000469. The maximum Gasteiger partial charge on any atom is 0.273 e. The van der Waals surface area contributed by atoms with Gasteiger partial charge in [-0.25, -0.2) is 9.07 Å². The van der Waals surface area contributed by atoms with Gasteiger partial charge in [0.15, 0.2) is 5.69 Å². The van der Waals surface area contributed by atoms with Crippen molar-refractivity contribution in [3.63, 3.8) is 0 Å². The first-order chi connectivity index (χ1) is 12.1. The molecule has 1 amide bonds. The molecule has 1 fully saturated rings. The first kappa shape index (κ1) is 17.8. The van der Waals surface area contributed by atoms with Crippen molar-refractivity contribution >= 4 is 17.5 Å². The third-order valence-electron chi connectivity index (χ3n) is 4.49. The van der Waals surface area contributed by atoms with E-state index in [9.17, 15) is 9.18 Å². The predicted octanol–water partition coefficient (Wildman–Crippen LogP) is 2.49. The van der Waals surface area contributed by atoms with Crippen LogP contribution in [0.3, 0.4) is 0 Å². The molecule has 0 bridgehead atoms. The second kappa shape index (κ2) is 7.93. The van der Waals surface area contributed by atoms with Gasteiger partial charge in [-0.2, -0.15) is 0 Å². The van der Waals surface area contributed by atoms with E-state index in [4.69, 9.17) is 11.6 Å². The fourth-order valence-electron chi connectivity index (χ4n) is 3.04. The van der Waals surface area contributed by atoms with E-state index in [2.05, 4.69) is 20.9 Å². The van der Waals surface area contributed by atoms with Crippen LogP contribution >= 0.6 is 11.6 Å². The Hall–Kier alpha value is -1.99. The fraction of sp³-hybridized carbons (Fsp3) is 0.471. The van der Waals surface area contributed by atoms with Crippen LogP contribution in [0, 0.1) is 18.7 Å². The third kappa shape index (κ3) is 4.16. The highest BCUT2D eigenvalue weighted by molar-refractivity contribution is 6.30. The van der Waals surface area contributed by atoms with Crippen LogP contribution < -0.4 is 10.6 Å². The molecule has 3 rings (SSSR count). The van der Waals surface area contributed by atoms with Crippen LogP contribution in [-0.4, -0.2) is 40.5 Å². The summed E-state index contributed by atoms with van der Waals surface area (Å²) in [5.41, 5.74) is 1.41. The van der Waals surface area contributed by atoms with Crippen molar-refractivity contribution in [1.82, 2.24) is 25.6 Å². The zero-order valence-corrected chi connectivity index (χ0v) is 14.8. The van der Waals surface area contributed by atoms with Gasteiger partial charge in [0.1, 0.15) is 5.82 Å². The van der Waals surface area contributed by atoms with Crippen LogP contribution in [0.2, 0.25) is 5.02 Å². The number of nitrogens with one attached hydrogen (secondary N) is 2. The normalized spacial score (nSPS) is 17.5. The molecule has 2 heterocycles. The zero-order chi connectivity index (χ0) is 17.8. The molecule has 8 heteroatoms. The molecule has 1 unspecified atom stereocenters. The summed E-state index contributed by atoms with van der Waals surface area (Å²) >= 11 is 5.81. The van der Waals surface area contributed by atoms with Gasteiger partial charge >= 0.3 is 0 Å². The van der Waals surface area contributed by atoms with Gasteiger partial charge < -0.3 is 10.6 Å². The molecule has 0 spiro atoms. The molecule has 134 valence electrons. The minimum atomic E-state index is -0.502. The van der Waals surface area contributed by atoms with Crippen LogP contribution in [0.1, 0.15) is 35.4 Å². The lowest BCUT2D eigenvalue weighted by Gasteiger charge is -2.22. The number of piperidine rings is 1. The molecule has 1 saturated heterocycles. The molecule has 1 aromatic carbocycles. The summed E-state index contributed by atoms with van der Waals surface area (Å²) in [5.74, 6) is -0.147. The van der Waals surface area contributed by atoms with Gasteiger partial charge in [-0.05, 0) is 63.4 Å². The van der Waals surface area contributed by atoms with Gasteiger partial charge in [-0.3, -0.25) is 4.79 Å². The number of carbonyl (C=O) groups excluding carboxylic acids is 1. The SMILES string of the molecule is Cc1c(C(=O)NCCC2CCCNC2)nnn1-c1ccc(F)c(Cl)c1. The second-order valence-corrected chi connectivity index (χ2v) is 6.70. The van der Waals surface area contributed by atoms with E-state index in [1.54, 1.807) is 13.0 Å². The first-order valence-corrected chi connectivity index (χ1v) is 8.80. The number of aromatic nitrogens is 3. The van der Waals surface area contributed by atoms with Crippen molar-refractivity contribution in [2.45, 2.75) is 26.2 Å².